The van der Waals surface area contributed by atoms with Crippen LogP contribution in [0.5, 0.6) is 0 Å². The SMILES string of the molecule is Nc1noc(C2CC3CCC2C3)c1-c1ccc(F)cc1. The van der Waals surface area contributed by atoms with Crippen molar-refractivity contribution >= 4 is 5.82 Å². The minimum absolute atomic E-state index is 0.245. The highest BCUT2D eigenvalue weighted by molar-refractivity contribution is 5.76. The molecule has 3 atom stereocenters. The van der Waals surface area contributed by atoms with E-state index in [1.807, 2.05) is 0 Å². The molecule has 1 heterocycles. The normalized spacial score (nSPS) is 28.1. The second-order valence-corrected chi connectivity index (χ2v) is 6.10. The van der Waals surface area contributed by atoms with E-state index in [0.29, 0.717) is 17.7 Å². The molecule has 1 aromatic heterocycles. The van der Waals surface area contributed by atoms with Gasteiger partial charge in [0.05, 0.1) is 5.56 Å². The number of nitrogens with zero attached hydrogens (tertiary/aromatic N) is 1. The molecule has 3 nitrogen and oxygen atoms in total. The molecule has 0 aliphatic heterocycles. The number of anilines is 1. The van der Waals surface area contributed by atoms with Crippen LogP contribution >= 0.6 is 0 Å². The van der Waals surface area contributed by atoms with Gasteiger partial charge in [-0.3, -0.25) is 0 Å². The van der Waals surface area contributed by atoms with Gasteiger partial charge in [0.1, 0.15) is 11.6 Å². The van der Waals surface area contributed by atoms with E-state index in [9.17, 15) is 4.39 Å². The van der Waals surface area contributed by atoms with Crippen LogP contribution in [0.3, 0.4) is 0 Å². The van der Waals surface area contributed by atoms with Gasteiger partial charge in [-0.2, -0.15) is 0 Å². The van der Waals surface area contributed by atoms with E-state index in [0.717, 1.165) is 22.8 Å². The van der Waals surface area contributed by atoms with Gasteiger partial charge in [-0.15, -0.1) is 0 Å². The van der Waals surface area contributed by atoms with Gasteiger partial charge in [0.25, 0.3) is 0 Å². The molecule has 0 amide bonds. The molecule has 2 fully saturated rings. The Morgan fingerprint density at radius 3 is 2.60 bits per heavy atom. The van der Waals surface area contributed by atoms with Crippen LogP contribution in [0.25, 0.3) is 11.1 Å². The Kier molecular flexibility index (Phi) is 2.59. The lowest BCUT2D eigenvalue weighted by Crippen LogP contribution is -2.08. The quantitative estimate of drug-likeness (QED) is 0.900. The van der Waals surface area contributed by atoms with Gasteiger partial charge in [-0.25, -0.2) is 4.39 Å². The summed E-state index contributed by atoms with van der Waals surface area (Å²) in [6.07, 6.45) is 5.09. The van der Waals surface area contributed by atoms with Gasteiger partial charge in [-0.05, 0) is 48.8 Å². The number of benzene rings is 1. The van der Waals surface area contributed by atoms with Gasteiger partial charge >= 0.3 is 0 Å². The zero-order valence-corrected chi connectivity index (χ0v) is 11.2. The molecular weight excluding hydrogens is 255 g/mol. The lowest BCUT2D eigenvalue weighted by molar-refractivity contribution is 0.312. The Morgan fingerprint density at radius 2 is 1.95 bits per heavy atom. The smallest absolute Gasteiger partial charge is 0.175 e. The molecule has 1 aromatic carbocycles. The summed E-state index contributed by atoms with van der Waals surface area (Å²) in [7, 11) is 0. The number of nitrogen functional groups attached to an aromatic ring is 1. The van der Waals surface area contributed by atoms with Gasteiger partial charge in [-0.1, -0.05) is 23.7 Å². The van der Waals surface area contributed by atoms with Crippen LogP contribution in [0.2, 0.25) is 0 Å². The predicted octanol–water partition coefficient (Wildman–Crippen LogP) is 3.97. The minimum atomic E-state index is -0.245. The van der Waals surface area contributed by atoms with Crippen molar-refractivity contribution in [2.24, 2.45) is 11.8 Å². The van der Waals surface area contributed by atoms with Crippen LogP contribution in [-0.4, -0.2) is 5.16 Å². The van der Waals surface area contributed by atoms with E-state index in [2.05, 4.69) is 5.16 Å². The summed E-state index contributed by atoms with van der Waals surface area (Å²) >= 11 is 0. The Balaban J connectivity index is 1.76. The highest BCUT2D eigenvalue weighted by atomic mass is 19.1. The van der Waals surface area contributed by atoms with Crippen LogP contribution in [0.1, 0.15) is 37.4 Å². The summed E-state index contributed by atoms with van der Waals surface area (Å²) < 4.78 is 18.6. The van der Waals surface area contributed by atoms with Crippen LogP contribution in [0.15, 0.2) is 28.8 Å². The second kappa shape index (κ2) is 4.33. The Morgan fingerprint density at radius 1 is 1.15 bits per heavy atom. The van der Waals surface area contributed by atoms with Crippen LogP contribution in [-0.2, 0) is 0 Å². The van der Waals surface area contributed by atoms with Crippen LogP contribution in [0, 0.1) is 17.7 Å². The number of rotatable bonds is 2. The van der Waals surface area contributed by atoms with Gasteiger partial charge in [0.15, 0.2) is 5.82 Å². The van der Waals surface area contributed by atoms with E-state index in [-0.39, 0.29) is 5.82 Å². The highest BCUT2D eigenvalue weighted by Crippen LogP contribution is 2.54. The molecule has 2 aliphatic carbocycles. The maximum atomic E-state index is 13.1. The van der Waals surface area contributed by atoms with Crippen molar-refractivity contribution in [2.45, 2.75) is 31.6 Å². The first-order valence-electron chi connectivity index (χ1n) is 7.23. The van der Waals surface area contributed by atoms with Crippen molar-refractivity contribution in [3.05, 3.63) is 35.8 Å². The summed E-state index contributed by atoms with van der Waals surface area (Å²) in [6, 6.07) is 6.39. The molecule has 2 saturated carbocycles. The first kappa shape index (κ1) is 11.9. The van der Waals surface area contributed by atoms with Gasteiger partial charge < -0.3 is 10.3 Å². The summed E-state index contributed by atoms with van der Waals surface area (Å²) in [6.45, 7) is 0. The van der Waals surface area contributed by atoms with Gasteiger partial charge in [0.2, 0.25) is 0 Å². The minimum Gasteiger partial charge on any atom is -0.380 e. The molecular formula is C16H17FN2O. The van der Waals surface area contributed by atoms with E-state index >= 15 is 0 Å². The molecule has 2 aromatic rings. The Bertz CT molecular complexity index is 634. The van der Waals surface area contributed by atoms with E-state index in [1.165, 1.54) is 37.8 Å². The third kappa shape index (κ3) is 1.74. The molecule has 2 N–H and O–H groups in total. The maximum absolute atomic E-state index is 13.1. The molecule has 2 aliphatic rings. The van der Waals surface area contributed by atoms with Crippen LogP contribution in [0.4, 0.5) is 10.2 Å². The molecule has 104 valence electrons. The lowest BCUT2D eigenvalue weighted by Gasteiger charge is -2.20. The summed E-state index contributed by atoms with van der Waals surface area (Å²) in [5, 5.41) is 3.95. The first-order valence-corrected chi connectivity index (χ1v) is 7.23. The molecule has 3 unspecified atom stereocenters. The van der Waals surface area contributed by atoms with Crippen molar-refractivity contribution in [3.8, 4) is 11.1 Å². The fourth-order valence-electron chi connectivity index (χ4n) is 4.04. The topological polar surface area (TPSA) is 52.0 Å². The standard InChI is InChI=1S/C16H17FN2O/c17-12-5-3-10(4-6-12)14-15(20-19-16(14)18)13-8-9-1-2-11(13)7-9/h3-6,9,11,13H,1-2,7-8H2,(H2,18,19). The average Bonchev–Trinajstić information content (AvgIpc) is 3.14. The number of hydrogen-bond acceptors (Lipinski definition) is 3. The number of hydrogen-bond donors (Lipinski definition) is 1. The van der Waals surface area contributed by atoms with Crippen molar-refractivity contribution in [3.63, 3.8) is 0 Å². The molecule has 0 spiro atoms. The summed E-state index contributed by atoms with van der Waals surface area (Å²) in [5.74, 6) is 3.03. The van der Waals surface area contributed by atoms with Crippen molar-refractivity contribution in [1.82, 2.24) is 5.16 Å². The maximum Gasteiger partial charge on any atom is 0.175 e. The molecule has 0 saturated heterocycles. The molecule has 4 heteroatoms. The van der Waals surface area contributed by atoms with Crippen molar-refractivity contribution in [1.29, 1.82) is 0 Å². The Hall–Kier alpha value is -1.84. The monoisotopic (exact) mass is 272 g/mol. The third-order valence-electron chi connectivity index (χ3n) is 4.95. The molecule has 2 bridgehead atoms. The largest absolute Gasteiger partial charge is 0.380 e. The second-order valence-electron chi connectivity index (χ2n) is 6.10. The zero-order valence-electron chi connectivity index (χ0n) is 11.2. The highest BCUT2D eigenvalue weighted by Gasteiger charge is 2.43. The number of aromatic nitrogens is 1. The number of halogens is 1. The molecule has 0 radical (unpaired) electrons. The average molecular weight is 272 g/mol. The fraction of sp³-hybridized carbons (Fsp3) is 0.438. The number of nitrogens with two attached hydrogens (primary N) is 1. The van der Waals surface area contributed by atoms with Crippen LogP contribution < -0.4 is 5.73 Å². The summed E-state index contributed by atoms with van der Waals surface area (Å²) in [5.41, 5.74) is 7.73. The number of fused-ring (bicyclic) bond motifs is 2. The zero-order chi connectivity index (χ0) is 13.7. The Labute approximate surface area is 117 Å². The van der Waals surface area contributed by atoms with E-state index in [4.69, 9.17) is 10.3 Å². The van der Waals surface area contributed by atoms with Crippen molar-refractivity contribution in [2.75, 3.05) is 5.73 Å². The first-order chi connectivity index (χ1) is 9.72. The van der Waals surface area contributed by atoms with E-state index in [1.54, 1.807) is 12.1 Å². The van der Waals surface area contributed by atoms with E-state index < -0.39 is 0 Å². The fourth-order valence-corrected chi connectivity index (χ4v) is 4.04. The van der Waals surface area contributed by atoms with Crippen molar-refractivity contribution < 1.29 is 8.91 Å². The van der Waals surface area contributed by atoms with Gasteiger partial charge in [0, 0.05) is 5.92 Å². The molecule has 4 rings (SSSR count). The molecule has 20 heavy (non-hydrogen) atoms. The predicted molar refractivity (Wildman–Crippen MR) is 74.5 cm³/mol. The third-order valence-corrected chi connectivity index (χ3v) is 4.95. The summed E-state index contributed by atoms with van der Waals surface area (Å²) in [4.78, 5) is 0. The lowest BCUT2D eigenvalue weighted by atomic mass is 9.84.